The molecule has 1 aliphatic rings. The van der Waals surface area contributed by atoms with Gasteiger partial charge in [0.05, 0.1) is 7.11 Å². The molecule has 0 spiro atoms. The molecule has 4 rings (SSSR count). The van der Waals surface area contributed by atoms with Crippen molar-refractivity contribution in [3.05, 3.63) is 58.7 Å². The minimum absolute atomic E-state index is 0.128. The first kappa shape index (κ1) is 19.3. The molecule has 1 N–H and O–H groups in total. The predicted octanol–water partition coefficient (Wildman–Crippen LogP) is 4.71. The third-order valence-electron chi connectivity index (χ3n) is 5.59. The van der Waals surface area contributed by atoms with Gasteiger partial charge in [-0.25, -0.2) is 8.42 Å². The van der Waals surface area contributed by atoms with Crippen molar-refractivity contribution in [2.24, 2.45) is 0 Å². The SMILES string of the molecule is COc1ccc(Cl)cc1S(=O)(=O)N1CCC(c2c[nH]c3c(C)cccc23)CC1. The first-order chi connectivity index (χ1) is 13.4. The van der Waals surface area contributed by atoms with Gasteiger partial charge in [-0.2, -0.15) is 4.31 Å². The summed E-state index contributed by atoms with van der Waals surface area (Å²) in [6.45, 7) is 3.04. The molecule has 7 heteroatoms. The molecular formula is C21H23ClN2O3S. The van der Waals surface area contributed by atoms with Crippen molar-refractivity contribution in [1.82, 2.24) is 9.29 Å². The summed E-state index contributed by atoms with van der Waals surface area (Å²) in [7, 11) is -2.19. The Hall–Kier alpha value is -2.02. The van der Waals surface area contributed by atoms with E-state index in [1.54, 1.807) is 12.1 Å². The van der Waals surface area contributed by atoms with Crippen LogP contribution in [0.3, 0.4) is 0 Å². The number of aryl methyl sites for hydroxylation is 1. The summed E-state index contributed by atoms with van der Waals surface area (Å²) in [4.78, 5) is 3.51. The van der Waals surface area contributed by atoms with Gasteiger partial charge >= 0.3 is 0 Å². The van der Waals surface area contributed by atoms with Crippen LogP contribution in [0, 0.1) is 6.92 Å². The Bertz CT molecular complexity index is 1120. The van der Waals surface area contributed by atoms with Gasteiger partial charge in [0.2, 0.25) is 10.0 Å². The lowest BCUT2D eigenvalue weighted by atomic mass is 9.90. The number of aromatic nitrogens is 1. The van der Waals surface area contributed by atoms with Crippen LogP contribution in [-0.4, -0.2) is 37.9 Å². The van der Waals surface area contributed by atoms with Crippen molar-refractivity contribution in [2.75, 3.05) is 20.2 Å². The highest BCUT2D eigenvalue weighted by atomic mass is 35.5. The lowest BCUT2D eigenvalue weighted by molar-refractivity contribution is 0.318. The van der Waals surface area contributed by atoms with Gasteiger partial charge < -0.3 is 9.72 Å². The molecule has 3 aromatic rings. The van der Waals surface area contributed by atoms with E-state index in [-0.39, 0.29) is 4.90 Å². The van der Waals surface area contributed by atoms with Crippen LogP contribution >= 0.6 is 11.6 Å². The Morgan fingerprint density at radius 1 is 1.18 bits per heavy atom. The maximum atomic E-state index is 13.2. The first-order valence-electron chi connectivity index (χ1n) is 9.32. The fourth-order valence-corrected chi connectivity index (χ4v) is 5.95. The van der Waals surface area contributed by atoms with E-state index in [1.165, 1.54) is 34.0 Å². The molecular weight excluding hydrogens is 396 g/mol. The zero-order valence-electron chi connectivity index (χ0n) is 15.9. The van der Waals surface area contributed by atoms with Crippen molar-refractivity contribution in [2.45, 2.75) is 30.6 Å². The minimum Gasteiger partial charge on any atom is -0.495 e. The predicted molar refractivity (Wildman–Crippen MR) is 112 cm³/mol. The number of H-pyrrole nitrogens is 1. The molecule has 0 aliphatic carbocycles. The number of halogens is 1. The van der Waals surface area contributed by atoms with E-state index in [0.717, 1.165) is 18.4 Å². The number of nitrogens with zero attached hydrogens (tertiary/aromatic N) is 1. The van der Waals surface area contributed by atoms with Gasteiger partial charge in [0, 0.05) is 35.2 Å². The van der Waals surface area contributed by atoms with E-state index in [4.69, 9.17) is 16.3 Å². The second-order valence-corrected chi connectivity index (χ2v) is 9.56. The van der Waals surface area contributed by atoms with E-state index < -0.39 is 10.0 Å². The van der Waals surface area contributed by atoms with Crippen LogP contribution in [0.4, 0.5) is 0 Å². The second-order valence-electron chi connectivity index (χ2n) is 7.22. The van der Waals surface area contributed by atoms with E-state index in [0.29, 0.717) is 29.8 Å². The number of hydrogen-bond donors (Lipinski definition) is 1. The van der Waals surface area contributed by atoms with E-state index in [1.807, 2.05) is 0 Å². The largest absolute Gasteiger partial charge is 0.495 e. The fraction of sp³-hybridized carbons (Fsp3) is 0.333. The molecule has 0 bridgehead atoms. The molecule has 0 saturated carbocycles. The van der Waals surface area contributed by atoms with Crippen LogP contribution in [0.25, 0.3) is 10.9 Å². The molecule has 28 heavy (non-hydrogen) atoms. The zero-order valence-corrected chi connectivity index (χ0v) is 17.5. The molecule has 1 aromatic heterocycles. The van der Waals surface area contributed by atoms with Gasteiger partial charge in [-0.05, 0) is 55.0 Å². The summed E-state index contributed by atoms with van der Waals surface area (Å²) in [6.07, 6.45) is 3.64. The average Bonchev–Trinajstić information content (AvgIpc) is 3.13. The molecule has 5 nitrogen and oxygen atoms in total. The summed E-state index contributed by atoms with van der Waals surface area (Å²) in [5.41, 5.74) is 3.66. The first-order valence-corrected chi connectivity index (χ1v) is 11.1. The van der Waals surface area contributed by atoms with Gasteiger partial charge in [0.25, 0.3) is 0 Å². The summed E-state index contributed by atoms with van der Waals surface area (Å²) in [5.74, 6) is 0.655. The number of methoxy groups -OCH3 is 1. The molecule has 148 valence electrons. The number of ether oxygens (including phenoxy) is 1. The van der Waals surface area contributed by atoms with Crippen molar-refractivity contribution >= 4 is 32.5 Å². The third-order valence-corrected chi connectivity index (χ3v) is 7.75. The van der Waals surface area contributed by atoms with Crippen molar-refractivity contribution in [3.63, 3.8) is 0 Å². The van der Waals surface area contributed by atoms with Crippen LogP contribution in [0.15, 0.2) is 47.5 Å². The summed E-state index contributed by atoms with van der Waals surface area (Å²) < 4.78 is 33.1. The number of benzene rings is 2. The smallest absolute Gasteiger partial charge is 0.246 e. The van der Waals surface area contributed by atoms with Gasteiger partial charge in [0.15, 0.2) is 0 Å². The van der Waals surface area contributed by atoms with Crippen LogP contribution < -0.4 is 4.74 Å². The molecule has 1 aliphatic heterocycles. The number of rotatable bonds is 4. The molecule has 2 heterocycles. The molecule has 0 amide bonds. The average molecular weight is 419 g/mol. The summed E-state index contributed by atoms with van der Waals surface area (Å²) >= 11 is 6.04. The van der Waals surface area contributed by atoms with Crippen LogP contribution in [0.1, 0.15) is 29.9 Å². The van der Waals surface area contributed by atoms with E-state index in [2.05, 4.69) is 36.3 Å². The van der Waals surface area contributed by atoms with Crippen molar-refractivity contribution in [1.29, 1.82) is 0 Å². The quantitative estimate of drug-likeness (QED) is 0.667. The topological polar surface area (TPSA) is 62.4 Å². The Labute approximate surface area is 170 Å². The van der Waals surface area contributed by atoms with Gasteiger partial charge in [-0.1, -0.05) is 29.8 Å². The number of nitrogens with one attached hydrogen (secondary N) is 1. The highest BCUT2D eigenvalue weighted by Crippen LogP contribution is 2.37. The normalized spacial score (nSPS) is 16.5. The highest BCUT2D eigenvalue weighted by molar-refractivity contribution is 7.89. The second kappa shape index (κ2) is 7.43. The molecule has 0 unspecified atom stereocenters. The highest BCUT2D eigenvalue weighted by Gasteiger charge is 2.32. The monoisotopic (exact) mass is 418 g/mol. The number of hydrogen-bond acceptors (Lipinski definition) is 3. The van der Waals surface area contributed by atoms with Crippen LogP contribution in [0.2, 0.25) is 5.02 Å². The van der Waals surface area contributed by atoms with Crippen LogP contribution in [-0.2, 0) is 10.0 Å². The maximum absolute atomic E-state index is 13.2. The van der Waals surface area contributed by atoms with Gasteiger partial charge in [0.1, 0.15) is 10.6 Å². The fourth-order valence-electron chi connectivity index (χ4n) is 4.06. The Kier molecular flexibility index (Phi) is 5.12. The lowest BCUT2D eigenvalue weighted by Gasteiger charge is -2.31. The zero-order chi connectivity index (χ0) is 19.9. The van der Waals surface area contributed by atoms with Crippen molar-refractivity contribution in [3.8, 4) is 5.75 Å². The van der Waals surface area contributed by atoms with Crippen LogP contribution in [0.5, 0.6) is 5.75 Å². The number of aromatic amines is 1. The lowest BCUT2D eigenvalue weighted by Crippen LogP contribution is -2.38. The molecule has 0 radical (unpaired) electrons. The third kappa shape index (κ3) is 3.30. The van der Waals surface area contributed by atoms with Gasteiger partial charge in [-0.3, -0.25) is 0 Å². The Morgan fingerprint density at radius 2 is 1.93 bits per heavy atom. The Balaban J connectivity index is 1.57. The van der Waals surface area contributed by atoms with E-state index in [9.17, 15) is 8.42 Å². The Morgan fingerprint density at radius 3 is 2.64 bits per heavy atom. The number of fused-ring (bicyclic) bond motifs is 1. The molecule has 2 aromatic carbocycles. The summed E-state index contributed by atoms with van der Waals surface area (Å²) in [6, 6.07) is 11.0. The number of piperidine rings is 1. The van der Waals surface area contributed by atoms with Crippen molar-refractivity contribution < 1.29 is 13.2 Å². The summed E-state index contributed by atoms with van der Waals surface area (Å²) in [5, 5.41) is 1.61. The maximum Gasteiger partial charge on any atom is 0.246 e. The number of para-hydroxylation sites is 1. The number of sulfonamides is 1. The van der Waals surface area contributed by atoms with Gasteiger partial charge in [-0.15, -0.1) is 0 Å². The minimum atomic E-state index is -3.65. The molecule has 1 saturated heterocycles. The molecule has 1 fully saturated rings. The standard InChI is InChI=1S/C21H23ClN2O3S/c1-14-4-3-5-17-18(13-23-21(14)17)15-8-10-24(11-9-15)28(25,26)20-12-16(22)6-7-19(20)27-2/h3-7,12-13,15,23H,8-11H2,1-2H3. The van der Waals surface area contributed by atoms with E-state index >= 15 is 0 Å². The molecule has 0 atom stereocenters.